The van der Waals surface area contributed by atoms with E-state index in [4.69, 9.17) is 5.41 Å². The largest absolute Gasteiger partial charge is 0.370 e. The molecule has 20 heavy (non-hydrogen) atoms. The summed E-state index contributed by atoms with van der Waals surface area (Å²) in [6.07, 6.45) is 12.4. The summed E-state index contributed by atoms with van der Waals surface area (Å²) in [4.78, 5) is 4.32. The van der Waals surface area contributed by atoms with E-state index in [0.717, 1.165) is 17.9 Å². The number of hydrogen-bond acceptors (Lipinski definition) is 3. The summed E-state index contributed by atoms with van der Waals surface area (Å²) in [6.45, 7) is 5.01. The van der Waals surface area contributed by atoms with Crippen LogP contribution < -0.4 is 5.32 Å². The van der Waals surface area contributed by atoms with Gasteiger partial charge in [-0.15, -0.1) is 0 Å². The van der Waals surface area contributed by atoms with E-state index in [1.165, 1.54) is 51.4 Å². The number of aromatic nitrogens is 1. The van der Waals surface area contributed by atoms with E-state index >= 15 is 0 Å². The van der Waals surface area contributed by atoms with Crippen molar-refractivity contribution in [3.63, 3.8) is 0 Å². The number of nitrogens with one attached hydrogen (secondary N) is 2. The molecule has 2 N–H and O–H groups in total. The van der Waals surface area contributed by atoms with Gasteiger partial charge >= 0.3 is 0 Å². The van der Waals surface area contributed by atoms with Crippen molar-refractivity contribution in [3.8, 4) is 0 Å². The van der Waals surface area contributed by atoms with Gasteiger partial charge in [0.1, 0.15) is 5.82 Å². The summed E-state index contributed by atoms with van der Waals surface area (Å²) in [5, 5.41) is 11.1. The van der Waals surface area contributed by atoms with Gasteiger partial charge in [-0.05, 0) is 25.5 Å². The van der Waals surface area contributed by atoms with Gasteiger partial charge in [0.05, 0.1) is 0 Å². The quantitative estimate of drug-likeness (QED) is 0.440. The molecule has 1 aromatic rings. The van der Waals surface area contributed by atoms with E-state index in [2.05, 4.69) is 17.2 Å². The average Bonchev–Trinajstić information content (AvgIpc) is 2.46. The summed E-state index contributed by atoms with van der Waals surface area (Å²) in [6, 6.07) is 3.83. The molecule has 1 rings (SSSR count). The molecule has 0 saturated carbocycles. The zero-order valence-corrected chi connectivity index (χ0v) is 13.0. The Morgan fingerprint density at radius 3 is 2.40 bits per heavy atom. The van der Waals surface area contributed by atoms with Crippen LogP contribution in [0, 0.1) is 5.41 Å². The average molecular weight is 275 g/mol. The third-order valence-electron chi connectivity index (χ3n) is 3.53. The van der Waals surface area contributed by atoms with Crippen molar-refractivity contribution >= 4 is 11.5 Å². The predicted octanol–water partition coefficient (Wildman–Crippen LogP) is 5.02. The van der Waals surface area contributed by atoms with Crippen molar-refractivity contribution in [1.82, 2.24) is 4.98 Å². The molecule has 0 atom stereocenters. The Hall–Kier alpha value is -1.38. The maximum absolute atomic E-state index is 7.72. The zero-order valence-electron chi connectivity index (χ0n) is 13.0. The number of anilines is 1. The molecule has 0 aromatic carbocycles. The van der Waals surface area contributed by atoms with Crippen LogP contribution in [0.4, 0.5) is 5.82 Å². The molecule has 112 valence electrons. The van der Waals surface area contributed by atoms with E-state index in [1.807, 2.05) is 12.1 Å². The second-order valence-electron chi connectivity index (χ2n) is 5.43. The van der Waals surface area contributed by atoms with Crippen molar-refractivity contribution in [2.75, 3.05) is 11.9 Å². The molecule has 0 spiro atoms. The minimum absolute atomic E-state index is 0.566. The Kier molecular flexibility index (Phi) is 8.68. The summed E-state index contributed by atoms with van der Waals surface area (Å²) >= 11 is 0. The minimum atomic E-state index is 0.566. The summed E-state index contributed by atoms with van der Waals surface area (Å²) in [5.41, 5.74) is 1.48. The third-order valence-corrected chi connectivity index (χ3v) is 3.53. The zero-order chi connectivity index (χ0) is 14.6. The fraction of sp³-hybridized carbons (Fsp3) is 0.647. The maximum Gasteiger partial charge on any atom is 0.135 e. The SMILES string of the molecule is CCCCCCCCCCNc1ncccc1C(C)=N. The van der Waals surface area contributed by atoms with Gasteiger partial charge in [0.15, 0.2) is 0 Å². The van der Waals surface area contributed by atoms with Gasteiger partial charge in [-0.1, -0.05) is 51.9 Å². The number of pyridine rings is 1. The molecule has 0 bridgehead atoms. The lowest BCUT2D eigenvalue weighted by Crippen LogP contribution is -2.08. The van der Waals surface area contributed by atoms with Gasteiger partial charge in [0.2, 0.25) is 0 Å². The Balaban J connectivity index is 2.11. The molecule has 1 aromatic heterocycles. The number of hydrogen-bond donors (Lipinski definition) is 2. The van der Waals surface area contributed by atoms with Crippen molar-refractivity contribution in [2.45, 2.75) is 65.2 Å². The highest BCUT2D eigenvalue weighted by molar-refractivity contribution is 6.00. The molecule has 0 aliphatic rings. The van der Waals surface area contributed by atoms with Crippen LogP contribution in [0.5, 0.6) is 0 Å². The molecule has 0 aliphatic carbocycles. The third kappa shape index (κ3) is 6.69. The highest BCUT2D eigenvalue weighted by atomic mass is 15.0. The molecule has 3 nitrogen and oxygen atoms in total. The molecule has 1 heterocycles. The van der Waals surface area contributed by atoms with Gasteiger partial charge < -0.3 is 10.7 Å². The molecule has 3 heteroatoms. The second kappa shape index (κ2) is 10.4. The molecule has 0 fully saturated rings. The summed E-state index contributed by atoms with van der Waals surface area (Å²) < 4.78 is 0. The second-order valence-corrected chi connectivity index (χ2v) is 5.43. The Labute approximate surface area is 123 Å². The lowest BCUT2D eigenvalue weighted by molar-refractivity contribution is 0.581. The van der Waals surface area contributed by atoms with Gasteiger partial charge in [-0.2, -0.15) is 0 Å². The smallest absolute Gasteiger partial charge is 0.135 e. The molecular formula is C17H29N3. The van der Waals surface area contributed by atoms with Crippen LogP contribution in [0.15, 0.2) is 18.3 Å². The van der Waals surface area contributed by atoms with Crippen LogP contribution in [0.2, 0.25) is 0 Å². The molecular weight excluding hydrogens is 246 g/mol. The Bertz CT molecular complexity index is 388. The lowest BCUT2D eigenvalue weighted by atomic mass is 10.1. The standard InChI is InChI=1S/C17H29N3/c1-3-4-5-6-7-8-9-10-13-19-17-16(15(2)18)12-11-14-20-17/h11-12,14,18H,3-10,13H2,1-2H3,(H,19,20). The first-order chi connectivity index (χ1) is 9.75. The van der Waals surface area contributed by atoms with Crippen molar-refractivity contribution in [1.29, 1.82) is 5.41 Å². The minimum Gasteiger partial charge on any atom is -0.370 e. The van der Waals surface area contributed by atoms with E-state index in [-0.39, 0.29) is 0 Å². The first-order valence-electron chi connectivity index (χ1n) is 8.00. The van der Waals surface area contributed by atoms with Crippen LogP contribution in [-0.2, 0) is 0 Å². The molecule has 0 unspecified atom stereocenters. The first-order valence-corrected chi connectivity index (χ1v) is 8.00. The summed E-state index contributed by atoms with van der Waals surface area (Å²) in [5.74, 6) is 0.850. The monoisotopic (exact) mass is 275 g/mol. The predicted molar refractivity (Wildman–Crippen MR) is 87.8 cm³/mol. The van der Waals surface area contributed by atoms with E-state index in [1.54, 1.807) is 13.1 Å². The fourth-order valence-corrected chi connectivity index (χ4v) is 2.31. The summed E-state index contributed by atoms with van der Waals surface area (Å²) in [7, 11) is 0. The van der Waals surface area contributed by atoms with Gasteiger partial charge in [0, 0.05) is 24.0 Å². The van der Waals surface area contributed by atoms with E-state index in [9.17, 15) is 0 Å². The van der Waals surface area contributed by atoms with Gasteiger partial charge in [-0.3, -0.25) is 0 Å². The van der Waals surface area contributed by atoms with Crippen LogP contribution in [0.25, 0.3) is 0 Å². The van der Waals surface area contributed by atoms with Gasteiger partial charge in [-0.25, -0.2) is 4.98 Å². The number of rotatable bonds is 11. The normalized spacial score (nSPS) is 10.5. The maximum atomic E-state index is 7.72. The van der Waals surface area contributed by atoms with Crippen molar-refractivity contribution in [2.24, 2.45) is 0 Å². The molecule has 0 aliphatic heterocycles. The Morgan fingerprint density at radius 1 is 1.10 bits per heavy atom. The van der Waals surface area contributed by atoms with E-state index in [0.29, 0.717) is 5.71 Å². The first kappa shape index (κ1) is 16.7. The molecule has 0 amide bonds. The highest BCUT2D eigenvalue weighted by Crippen LogP contribution is 2.13. The number of unbranched alkanes of at least 4 members (excludes halogenated alkanes) is 7. The van der Waals surface area contributed by atoms with E-state index < -0.39 is 0 Å². The highest BCUT2D eigenvalue weighted by Gasteiger charge is 2.03. The van der Waals surface area contributed by atoms with Crippen LogP contribution >= 0.6 is 0 Å². The number of nitrogens with zero attached hydrogens (tertiary/aromatic N) is 1. The molecule has 0 saturated heterocycles. The Morgan fingerprint density at radius 2 is 1.75 bits per heavy atom. The fourth-order valence-electron chi connectivity index (χ4n) is 2.31. The van der Waals surface area contributed by atoms with Gasteiger partial charge in [0.25, 0.3) is 0 Å². The van der Waals surface area contributed by atoms with Crippen molar-refractivity contribution in [3.05, 3.63) is 23.9 Å². The van der Waals surface area contributed by atoms with Crippen LogP contribution in [-0.4, -0.2) is 17.2 Å². The van der Waals surface area contributed by atoms with Crippen molar-refractivity contribution < 1.29 is 0 Å². The lowest BCUT2D eigenvalue weighted by Gasteiger charge is -2.09. The van der Waals surface area contributed by atoms with Crippen LogP contribution in [0.1, 0.15) is 70.8 Å². The van der Waals surface area contributed by atoms with Crippen LogP contribution in [0.3, 0.4) is 0 Å². The topological polar surface area (TPSA) is 48.8 Å². The molecule has 0 radical (unpaired) electrons.